The van der Waals surface area contributed by atoms with Gasteiger partial charge in [0.1, 0.15) is 6.04 Å². The van der Waals surface area contributed by atoms with E-state index >= 15 is 0 Å². The smallest absolute Gasteiger partial charge is 0.250 e. The summed E-state index contributed by atoms with van der Waals surface area (Å²) in [4.78, 5) is 11.3. The summed E-state index contributed by atoms with van der Waals surface area (Å²) in [7, 11) is 0. The molecule has 1 saturated heterocycles. The number of halogens is 1. The Morgan fingerprint density at radius 1 is 1.71 bits per heavy atom. The van der Waals surface area contributed by atoms with Gasteiger partial charge in [0.25, 0.3) is 5.91 Å². The lowest BCUT2D eigenvalue weighted by molar-refractivity contribution is -0.120. The van der Waals surface area contributed by atoms with E-state index in [1.165, 1.54) is 0 Å². The van der Waals surface area contributed by atoms with E-state index in [4.69, 9.17) is 12.2 Å². The Labute approximate surface area is 99.4 Å². The second-order valence-electron chi connectivity index (χ2n) is 2.90. The molecular formula is C7H7IN4OS. The summed E-state index contributed by atoms with van der Waals surface area (Å²) in [5.74, 6) is -0.0968. The van der Waals surface area contributed by atoms with E-state index in [2.05, 4.69) is 38.3 Å². The first kappa shape index (κ1) is 9.84. The highest BCUT2D eigenvalue weighted by molar-refractivity contribution is 14.1. The van der Waals surface area contributed by atoms with Crippen LogP contribution in [0.1, 0.15) is 0 Å². The lowest BCUT2D eigenvalue weighted by Gasteiger charge is -2.06. The van der Waals surface area contributed by atoms with Crippen LogP contribution in [0.15, 0.2) is 12.4 Å². The number of rotatable bonds is 2. The molecular weight excluding hydrogens is 315 g/mol. The Balaban J connectivity index is 2.05. The van der Waals surface area contributed by atoms with Gasteiger partial charge >= 0.3 is 0 Å². The van der Waals surface area contributed by atoms with E-state index in [1.807, 2.05) is 6.20 Å². The monoisotopic (exact) mass is 322 g/mol. The summed E-state index contributed by atoms with van der Waals surface area (Å²) in [5.41, 5.74) is 0. The Bertz CT molecular complexity index is 391. The molecule has 1 amide bonds. The largest absolute Gasteiger partial charge is 0.349 e. The van der Waals surface area contributed by atoms with E-state index in [0.717, 1.165) is 3.57 Å². The number of nitrogens with zero attached hydrogens (tertiary/aromatic N) is 2. The molecule has 0 aliphatic carbocycles. The molecule has 7 heteroatoms. The first-order valence-electron chi connectivity index (χ1n) is 3.94. The van der Waals surface area contributed by atoms with Crippen molar-refractivity contribution < 1.29 is 4.79 Å². The summed E-state index contributed by atoms with van der Waals surface area (Å²) in [6.07, 6.45) is 3.61. The fourth-order valence-electron chi connectivity index (χ4n) is 1.21. The Morgan fingerprint density at radius 2 is 2.50 bits per heavy atom. The van der Waals surface area contributed by atoms with Crippen LogP contribution >= 0.6 is 34.8 Å². The normalized spacial score (nSPS) is 20.8. The number of carbonyl (C=O) groups is 1. The Morgan fingerprint density at radius 3 is 3.00 bits per heavy atom. The van der Waals surface area contributed by atoms with Crippen molar-refractivity contribution in [3.63, 3.8) is 0 Å². The average Bonchev–Trinajstić information content (AvgIpc) is 2.61. The highest BCUT2D eigenvalue weighted by Crippen LogP contribution is 2.03. The summed E-state index contributed by atoms with van der Waals surface area (Å²) < 4.78 is 2.76. The third-order valence-corrected chi connectivity index (χ3v) is 2.61. The molecule has 0 spiro atoms. The second kappa shape index (κ2) is 3.81. The molecule has 1 unspecified atom stereocenters. The highest BCUT2D eigenvalue weighted by atomic mass is 127. The number of amides is 1. The van der Waals surface area contributed by atoms with Crippen LogP contribution in [-0.4, -0.2) is 26.8 Å². The first-order valence-corrected chi connectivity index (χ1v) is 5.43. The van der Waals surface area contributed by atoms with Crippen molar-refractivity contribution in [3.8, 4) is 0 Å². The summed E-state index contributed by atoms with van der Waals surface area (Å²) in [6, 6.07) is -0.307. The zero-order valence-corrected chi connectivity index (χ0v) is 10.0. The molecule has 1 aliphatic rings. The minimum atomic E-state index is -0.307. The lowest BCUT2D eigenvalue weighted by atomic mass is 10.3. The maximum atomic E-state index is 11.3. The molecule has 1 aromatic rings. The standard InChI is InChI=1S/C7H7IN4OS/c8-4-1-9-12(2-4)3-5-6(13)11-7(14)10-5/h1-2,5H,3H2,(H2,10,11,13,14). The molecule has 74 valence electrons. The molecule has 2 N–H and O–H groups in total. The van der Waals surface area contributed by atoms with E-state index in [-0.39, 0.29) is 11.9 Å². The molecule has 14 heavy (non-hydrogen) atoms. The van der Waals surface area contributed by atoms with Gasteiger partial charge in [0.15, 0.2) is 5.11 Å². The van der Waals surface area contributed by atoms with E-state index in [1.54, 1.807) is 10.9 Å². The minimum absolute atomic E-state index is 0.0968. The van der Waals surface area contributed by atoms with Crippen molar-refractivity contribution in [1.29, 1.82) is 0 Å². The summed E-state index contributed by atoms with van der Waals surface area (Å²) in [5, 5.41) is 9.88. The zero-order chi connectivity index (χ0) is 10.1. The second-order valence-corrected chi connectivity index (χ2v) is 4.55. The molecule has 1 aromatic heterocycles. The highest BCUT2D eigenvalue weighted by Gasteiger charge is 2.27. The van der Waals surface area contributed by atoms with Gasteiger partial charge in [-0.3, -0.25) is 9.48 Å². The molecule has 1 aliphatic heterocycles. The number of nitrogens with one attached hydrogen (secondary N) is 2. The summed E-state index contributed by atoms with van der Waals surface area (Å²) in [6.45, 7) is 0.495. The average molecular weight is 322 g/mol. The fourth-order valence-corrected chi connectivity index (χ4v) is 1.90. The SMILES string of the molecule is O=C1NC(=S)NC1Cn1cc(I)cn1. The van der Waals surface area contributed by atoms with Crippen LogP contribution in [0.2, 0.25) is 0 Å². The van der Waals surface area contributed by atoms with Crippen LogP contribution in [-0.2, 0) is 11.3 Å². The molecule has 2 rings (SSSR count). The van der Waals surface area contributed by atoms with Gasteiger partial charge in [-0.2, -0.15) is 5.10 Å². The van der Waals surface area contributed by atoms with Crippen molar-refractivity contribution >= 4 is 45.8 Å². The number of hydrogen-bond acceptors (Lipinski definition) is 3. The van der Waals surface area contributed by atoms with Gasteiger partial charge < -0.3 is 10.6 Å². The van der Waals surface area contributed by atoms with Crippen molar-refractivity contribution in [2.75, 3.05) is 0 Å². The predicted molar refractivity (Wildman–Crippen MR) is 62.6 cm³/mol. The zero-order valence-electron chi connectivity index (χ0n) is 7.03. The van der Waals surface area contributed by atoms with Crippen LogP contribution in [0.4, 0.5) is 0 Å². The molecule has 0 bridgehead atoms. The maximum Gasteiger partial charge on any atom is 0.250 e. The van der Waals surface area contributed by atoms with Gasteiger partial charge in [-0.25, -0.2) is 0 Å². The molecule has 1 fully saturated rings. The molecule has 5 nitrogen and oxygen atoms in total. The number of hydrogen-bond donors (Lipinski definition) is 2. The van der Waals surface area contributed by atoms with Crippen LogP contribution < -0.4 is 10.6 Å². The van der Waals surface area contributed by atoms with Crippen molar-refractivity contribution in [1.82, 2.24) is 20.4 Å². The third-order valence-electron chi connectivity index (χ3n) is 1.83. The van der Waals surface area contributed by atoms with Gasteiger partial charge in [-0.05, 0) is 34.8 Å². The molecule has 0 radical (unpaired) electrons. The lowest BCUT2D eigenvalue weighted by Crippen LogP contribution is -2.33. The molecule has 0 saturated carbocycles. The topological polar surface area (TPSA) is 59.0 Å². The molecule has 1 atom stereocenters. The Hall–Kier alpha value is -0.700. The first-order chi connectivity index (χ1) is 6.65. The van der Waals surface area contributed by atoms with Crippen LogP contribution in [0, 0.1) is 3.57 Å². The van der Waals surface area contributed by atoms with Gasteiger partial charge in [0.2, 0.25) is 0 Å². The Kier molecular flexibility index (Phi) is 2.68. The molecule has 0 aromatic carbocycles. The number of thiocarbonyl (C=S) groups is 1. The van der Waals surface area contributed by atoms with Crippen molar-refractivity contribution in [2.45, 2.75) is 12.6 Å². The van der Waals surface area contributed by atoms with Gasteiger partial charge in [0.05, 0.1) is 16.3 Å². The van der Waals surface area contributed by atoms with Crippen molar-refractivity contribution in [2.24, 2.45) is 0 Å². The van der Waals surface area contributed by atoms with Crippen molar-refractivity contribution in [3.05, 3.63) is 16.0 Å². The van der Waals surface area contributed by atoms with E-state index in [0.29, 0.717) is 11.7 Å². The van der Waals surface area contributed by atoms with E-state index < -0.39 is 0 Å². The fraction of sp³-hybridized carbons (Fsp3) is 0.286. The van der Waals surface area contributed by atoms with Crippen LogP contribution in [0.5, 0.6) is 0 Å². The van der Waals surface area contributed by atoms with Gasteiger partial charge in [0, 0.05) is 6.20 Å². The van der Waals surface area contributed by atoms with Gasteiger partial charge in [-0.1, -0.05) is 0 Å². The van der Waals surface area contributed by atoms with Crippen LogP contribution in [0.3, 0.4) is 0 Å². The number of aromatic nitrogens is 2. The summed E-state index contributed by atoms with van der Waals surface area (Å²) >= 11 is 6.99. The van der Waals surface area contributed by atoms with Gasteiger partial charge in [-0.15, -0.1) is 0 Å². The third kappa shape index (κ3) is 2.03. The van der Waals surface area contributed by atoms with Crippen LogP contribution in [0.25, 0.3) is 0 Å². The number of carbonyl (C=O) groups excluding carboxylic acids is 1. The molecule has 2 heterocycles. The maximum absolute atomic E-state index is 11.3. The predicted octanol–water partition coefficient (Wildman–Crippen LogP) is -0.139. The van der Waals surface area contributed by atoms with E-state index in [9.17, 15) is 4.79 Å². The minimum Gasteiger partial charge on any atom is -0.349 e. The quantitative estimate of drug-likeness (QED) is 0.588.